The summed E-state index contributed by atoms with van der Waals surface area (Å²) >= 11 is 0. The first kappa shape index (κ1) is 9.85. The average molecular weight is 175 g/mol. The van der Waals surface area contributed by atoms with E-state index in [4.69, 9.17) is 0 Å². The standard InChI is InChI=1S/C12H17N/c1-3-4-8-11(2)13-12-9-6-5-7-10-12/h4-11,13H,3H2,1-2H3/b8-4-. The number of para-hydroxylation sites is 1. The second-order valence-corrected chi connectivity index (χ2v) is 3.14. The Labute approximate surface area is 80.5 Å². The topological polar surface area (TPSA) is 12.0 Å². The van der Waals surface area contributed by atoms with Gasteiger partial charge in [-0.15, -0.1) is 0 Å². The summed E-state index contributed by atoms with van der Waals surface area (Å²) in [6.45, 7) is 4.30. The van der Waals surface area contributed by atoms with E-state index in [2.05, 4.69) is 43.4 Å². The van der Waals surface area contributed by atoms with Crippen LogP contribution in [0, 0.1) is 0 Å². The van der Waals surface area contributed by atoms with E-state index in [1.807, 2.05) is 18.2 Å². The van der Waals surface area contributed by atoms with Crippen molar-refractivity contribution in [1.29, 1.82) is 0 Å². The summed E-state index contributed by atoms with van der Waals surface area (Å²) in [5.74, 6) is 0. The Morgan fingerprint density at radius 1 is 1.31 bits per heavy atom. The molecule has 1 rings (SSSR count). The molecule has 0 amide bonds. The van der Waals surface area contributed by atoms with Crippen LogP contribution in [-0.2, 0) is 0 Å². The fourth-order valence-corrected chi connectivity index (χ4v) is 1.19. The highest BCUT2D eigenvalue weighted by Gasteiger charge is 1.94. The molecule has 13 heavy (non-hydrogen) atoms. The molecule has 1 aromatic carbocycles. The number of hydrogen-bond donors (Lipinski definition) is 1. The SMILES string of the molecule is CC/C=C\C(C)Nc1ccccc1. The maximum atomic E-state index is 3.39. The zero-order chi connectivity index (χ0) is 9.52. The van der Waals surface area contributed by atoms with Crippen LogP contribution >= 0.6 is 0 Å². The quantitative estimate of drug-likeness (QED) is 0.691. The largest absolute Gasteiger partial charge is 0.379 e. The Balaban J connectivity index is 2.45. The highest BCUT2D eigenvalue weighted by atomic mass is 14.9. The molecule has 0 aliphatic heterocycles. The van der Waals surface area contributed by atoms with E-state index in [1.54, 1.807) is 0 Å². The summed E-state index contributed by atoms with van der Waals surface area (Å²) in [6.07, 6.45) is 5.47. The van der Waals surface area contributed by atoms with Crippen molar-refractivity contribution in [2.24, 2.45) is 0 Å². The Kier molecular flexibility index (Phi) is 4.10. The molecule has 0 saturated carbocycles. The van der Waals surface area contributed by atoms with Crippen LogP contribution in [0.2, 0.25) is 0 Å². The van der Waals surface area contributed by atoms with Gasteiger partial charge in [0.05, 0.1) is 0 Å². The van der Waals surface area contributed by atoms with Gasteiger partial charge in [-0.1, -0.05) is 37.3 Å². The first-order chi connectivity index (χ1) is 6.33. The van der Waals surface area contributed by atoms with E-state index in [0.29, 0.717) is 6.04 Å². The molecular formula is C12H17N. The van der Waals surface area contributed by atoms with Crippen LogP contribution in [0.15, 0.2) is 42.5 Å². The van der Waals surface area contributed by atoms with E-state index in [0.717, 1.165) is 6.42 Å². The molecule has 0 spiro atoms. The van der Waals surface area contributed by atoms with Crippen molar-refractivity contribution < 1.29 is 0 Å². The van der Waals surface area contributed by atoms with Gasteiger partial charge in [-0.05, 0) is 25.5 Å². The average Bonchev–Trinajstić information content (AvgIpc) is 2.16. The summed E-state index contributed by atoms with van der Waals surface area (Å²) < 4.78 is 0. The summed E-state index contributed by atoms with van der Waals surface area (Å²) in [6, 6.07) is 10.7. The highest BCUT2D eigenvalue weighted by Crippen LogP contribution is 2.07. The van der Waals surface area contributed by atoms with E-state index in [-0.39, 0.29) is 0 Å². The van der Waals surface area contributed by atoms with Crippen molar-refractivity contribution in [2.45, 2.75) is 26.3 Å². The van der Waals surface area contributed by atoms with Crippen molar-refractivity contribution in [3.8, 4) is 0 Å². The summed E-state index contributed by atoms with van der Waals surface area (Å²) in [5.41, 5.74) is 1.18. The van der Waals surface area contributed by atoms with Crippen molar-refractivity contribution in [2.75, 3.05) is 5.32 Å². The van der Waals surface area contributed by atoms with Gasteiger partial charge in [0.1, 0.15) is 0 Å². The van der Waals surface area contributed by atoms with Crippen LogP contribution in [0.4, 0.5) is 5.69 Å². The minimum absolute atomic E-state index is 0.405. The van der Waals surface area contributed by atoms with Gasteiger partial charge in [-0.3, -0.25) is 0 Å². The predicted octanol–water partition coefficient (Wildman–Crippen LogP) is 3.45. The third-order valence-electron chi connectivity index (χ3n) is 1.83. The van der Waals surface area contributed by atoms with Crippen LogP contribution in [-0.4, -0.2) is 6.04 Å². The number of nitrogens with one attached hydrogen (secondary N) is 1. The molecule has 1 aromatic rings. The summed E-state index contributed by atoms with van der Waals surface area (Å²) in [7, 11) is 0. The molecule has 0 heterocycles. The molecule has 0 saturated heterocycles. The van der Waals surface area contributed by atoms with Gasteiger partial charge in [-0.25, -0.2) is 0 Å². The van der Waals surface area contributed by atoms with Gasteiger partial charge in [0.15, 0.2) is 0 Å². The summed E-state index contributed by atoms with van der Waals surface area (Å²) in [5, 5.41) is 3.39. The number of allylic oxidation sites excluding steroid dienone is 1. The first-order valence-electron chi connectivity index (χ1n) is 4.81. The van der Waals surface area contributed by atoms with Gasteiger partial charge in [-0.2, -0.15) is 0 Å². The van der Waals surface area contributed by atoms with Gasteiger partial charge >= 0.3 is 0 Å². The molecule has 0 bridgehead atoms. The molecule has 1 heteroatoms. The van der Waals surface area contributed by atoms with Gasteiger partial charge in [0.25, 0.3) is 0 Å². The first-order valence-corrected chi connectivity index (χ1v) is 4.81. The lowest BCUT2D eigenvalue weighted by Crippen LogP contribution is -2.11. The van der Waals surface area contributed by atoms with Crippen molar-refractivity contribution in [3.05, 3.63) is 42.5 Å². The highest BCUT2D eigenvalue weighted by molar-refractivity contribution is 5.44. The summed E-state index contributed by atoms with van der Waals surface area (Å²) in [4.78, 5) is 0. The van der Waals surface area contributed by atoms with E-state index >= 15 is 0 Å². The molecule has 0 aliphatic carbocycles. The fraction of sp³-hybridized carbons (Fsp3) is 0.333. The minimum atomic E-state index is 0.405. The number of anilines is 1. The lowest BCUT2D eigenvalue weighted by Gasteiger charge is -2.10. The monoisotopic (exact) mass is 175 g/mol. The van der Waals surface area contributed by atoms with Gasteiger partial charge < -0.3 is 5.32 Å². The third-order valence-corrected chi connectivity index (χ3v) is 1.83. The Morgan fingerprint density at radius 2 is 2.00 bits per heavy atom. The second kappa shape index (κ2) is 5.41. The maximum absolute atomic E-state index is 3.39. The Hall–Kier alpha value is -1.24. The zero-order valence-corrected chi connectivity index (χ0v) is 8.33. The van der Waals surface area contributed by atoms with Crippen LogP contribution in [0.1, 0.15) is 20.3 Å². The Bertz CT molecular complexity index is 251. The van der Waals surface area contributed by atoms with E-state index in [9.17, 15) is 0 Å². The predicted molar refractivity (Wildman–Crippen MR) is 59.0 cm³/mol. The molecule has 70 valence electrons. The van der Waals surface area contributed by atoms with Crippen molar-refractivity contribution in [3.63, 3.8) is 0 Å². The molecule has 1 atom stereocenters. The van der Waals surface area contributed by atoms with Crippen molar-refractivity contribution in [1.82, 2.24) is 0 Å². The molecule has 1 N–H and O–H groups in total. The second-order valence-electron chi connectivity index (χ2n) is 3.14. The van der Waals surface area contributed by atoms with Crippen molar-refractivity contribution >= 4 is 5.69 Å². The molecule has 0 aliphatic rings. The minimum Gasteiger partial charge on any atom is -0.379 e. The Morgan fingerprint density at radius 3 is 2.62 bits per heavy atom. The normalized spacial score (nSPS) is 13.1. The molecule has 1 nitrogen and oxygen atoms in total. The van der Waals surface area contributed by atoms with Crippen LogP contribution in [0.5, 0.6) is 0 Å². The number of hydrogen-bond acceptors (Lipinski definition) is 1. The molecule has 0 fully saturated rings. The van der Waals surface area contributed by atoms with E-state index < -0.39 is 0 Å². The third kappa shape index (κ3) is 3.79. The molecule has 0 radical (unpaired) electrons. The number of benzene rings is 1. The van der Waals surface area contributed by atoms with Gasteiger partial charge in [0, 0.05) is 11.7 Å². The van der Waals surface area contributed by atoms with Crippen LogP contribution in [0.25, 0.3) is 0 Å². The van der Waals surface area contributed by atoms with Crippen LogP contribution in [0.3, 0.4) is 0 Å². The number of rotatable bonds is 4. The lowest BCUT2D eigenvalue weighted by molar-refractivity contribution is 0.986. The molecule has 0 aromatic heterocycles. The molecule has 1 unspecified atom stereocenters. The zero-order valence-electron chi connectivity index (χ0n) is 8.33. The lowest BCUT2D eigenvalue weighted by atomic mass is 10.2. The fourth-order valence-electron chi connectivity index (χ4n) is 1.19. The maximum Gasteiger partial charge on any atom is 0.0416 e. The van der Waals surface area contributed by atoms with E-state index in [1.165, 1.54) is 5.69 Å². The van der Waals surface area contributed by atoms with Crippen LogP contribution < -0.4 is 5.32 Å². The smallest absolute Gasteiger partial charge is 0.0416 e. The van der Waals surface area contributed by atoms with Gasteiger partial charge in [0.2, 0.25) is 0 Å². The molecular weight excluding hydrogens is 158 g/mol.